The molecule has 1 amide bonds. The first-order valence-electron chi connectivity index (χ1n) is 9.78. The number of hydrogen-bond acceptors (Lipinski definition) is 6. The third-order valence-electron chi connectivity index (χ3n) is 5.32. The van der Waals surface area contributed by atoms with Gasteiger partial charge in [-0.3, -0.25) is 19.5 Å². The van der Waals surface area contributed by atoms with Gasteiger partial charge in [-0.1, -0.05) is 17.4 Å². The molecule has 1 N–H and O–H groups in total. The summed E-state index contributed by atoms with van der Waals surface area (Å²) in [4.78, 5) is 36.2. The van der Waals surface area contributed by atoms with Crippen LogP contribution in [0, 0.1) is 12.7 Å². The number of hydrogen-bond donors (Lipinski definition) is 1. The van der Waals surface area contributed by atoms with Gasteiger partial charge in [0.25, 0.3) is 5.78 Å². The van der Waals surface area contributed by atoms with Gasteiger partial charge in [0.05, 0.1) is 21.8 Å². The predicted molar refractivity (Wildman–Crippen MR) is 120 cm³/mol. The molecule has 0 aliphatic carbocycles. The molecule has 32 heavy (non-hydrogen) atoms. The zero-order chi connectivity index (χ0) is 22.4. The fraction of sp³-hybridized carbons (Fsp3) is 0.0833. The molecule has 1 atom stereocenters. The number of benzene rings is 2. The Morgan fingerprint density at radius 1 is 1.06 bits per heavy atom. The number of carbonyl (C=O) groups excluding carboxylic acids is 2. The summed E-state index contributed by atoms with van der Waals surface area (Å²) in [6, 6.07) is 13.3. The molecule has 1 saturated heterocycles. The fourth-order valence-electron chi connectivity index (χ4n) is 3.78. The summed E-state index contributed by atoms with van der Waals surface area (Å²) >= 11 is 1.30. The zero-order valence-corrected chi connectivity index (χ0v) is 17.6. The minimum Gasteiger partial charge on any atom is -0.507 e. The molecule has 0 radical (unpaired) electrons. The standard InChI is InChI=1S/C24H16FN3O3S/c1-13-2-7-17-18(12-13)32-24(27-17)28-20(14-8-10-26-11-9-14)19(22(30)23(28)31)21(29)15-3-5-16(25)6-4-15/h2-12,20,29H,1H3. The third-order valence-corrected chi connectivity index (χ3v) is 6.34. The van der Waals surface area contributed by atoms with Crippen molar-refractivity contribution in [3.05, 3.63) is 95.1 Å². The number of ketones is 1. The van der Waals surface area contributed by atoms with Crippen molar-refractivity contribution in [1.29, 1.82) is 0 Å². The van der Waals surface area contributed by atoms with E-state index in [0.29, 0.717) is 16.2 Å². The van der Waals surface area contributed by atoms with E-state index in [4.69, 9.17) is 0 Å². The highest BCUT2D eigenvalue weighted by Crippen LogP contribution is 2.44. The molecule has 1 aliphatic rings. The van der Waals surface area contributed by atoms with Crippen LogP contribution in [-0.4, -0.2) is 26.8 Å². The van der Waals surface area contributed by atoms with Crippen molar-refractivity contribution < 1.29 is 19.1 Å². The number of fused-ring (bicyclic) bond motifs is 1. The Kier molecular flexibility index (Phi) is 4.79. The number of aliphatic hydroxyl groups excluding tert-OH is 1. The highest BCUT2D eigenvalue weighted by Gasteiger charge is 2.48. The van der Waals surface area contributed by atoms with Gasteiger partial charge in [-0.15, -0.1) is 0 Å². The van der Waals surface area contributed by atoms with Crippen LogP contribution < -0.4 is 4.90 Å². The molecule has 4 aromatic rings. The van der Waals surface area contributed by atoms with Crippen molar-refractivity contribution in [2.75, 3.05) is 4.90 Å². The van der Waals surface area contributed by atoms with Crippen LogP contribution in [0.3, 0.4) is 0 Å². The van der Waals surface area contributed by atoms with E-state index in [1.165, 1.54) is 40.5 Å². The van der Waals surface area contributed by atoms with Gasteiger partial charge in [-0.05, 0) is 66.6 Å². The fourth-order valence-corrected chi connectivity index (χ4v) is 4.87. The van der Waals surface area contributed by atoms with Crippen LogP contribution in [0.15, 0.2) is 72.6 Å². The Hall–Kier alpha value is -3.91. The summed E-state index contributed by atoms with van der Waals surface area (Å²) in [5.41, 5.74) is 2.52. The lowest BCUT2D eigenvalue weighted by atomic mass is 9.96. The number of aryl methyl sites for hydroxylation is 1. The Balaban J connectivity index is 1.72. The molecule has 1 aliphatic heterocycles. The number of Topliss-reactive ketones (excluding diaryl/α,β-unsaturated/α-hetero) is 1. The van der Waals surface area contributed by atoms with Crippen LogP contribution in [0.1, 0.15) is 22.7 Å². The monoisotopic (exact) mass is 445 g/mol. The Morgan fingerprint density at radius 3 is 2.50 bits per heavy atom. The first kappa shape index (κ1) is 20.0. The molecule has 158 valence electrons. The lowest BCUT2D eigenvalue weighted by Gasteiger charge is -2.22. The van der Waals surface area contributed by atoms with E-state index in [2.05, 4.69) is 9.97 Å². The number of rotatable bonds is 3. The van der Waals surface area contributed by atoms with Crippen LogP contribution in [0.5, 0.6) is 0 Å². The van der Waals surface area contributed by atoms with Gasteiger partial charge >= 0.3 is 5.91 Å². The minimum absolute atomic E-state index is 0.0803. The van der Waals surface area contributed by atoms with E-state index in [1.807, 2.05) is 25.1 Å². The zero-order valence-electron chi connectivity index (χ0n) is 16.8. The maximum atomic E-state index is 13.4. The molecule has 1 fully saturated rings. The van der Waals surface area contributed by atoms with Gasteiger partial charge in [0, 0.05) is 18.0 Å². The number of nitrogens with zero attached hydrogens (tertiary/aromatic N) is 3. The van der Waals surface area contributed by atoms with Crippen LogP contribution in [0.4, 0.5) is 9.52 Å². The maximum absolute atomic E-state index is 13.4. The third kappa shape index (κ3) is 3.25. The number of halogens is 1. The van der Waals surface area contributed by atoms with Gasteiger partial charge < -0.3 is 5.11 Å². The number of carbonyl (C=O) groups is 2. The number of pyridine rings is 1. The Labute approximate surface area is 186 Å². The van der Waals surface area contributed by atoms with Crippen molar-refractivity contribution in [2.24, 2.45) is 0 Å². The van der Waals surface area contributed by atoms with Gasteiger partial charge in [0.2, 0.25) is 0 Å². The van der Waals surface area contributed by atoms with Crippen LogP contribution >= 0.6 is 11.3 Å². The molecule has 8 heteroatoms. The minimum atomic E-state index is -0.898. The molecule has 2 aromatic carbocycles. The molecular formula is C24H16FN3O3S. The molecule has 5 rings (SSSR count). The average molecular weight is 445 g/mol. The molecule has 6 nitrogen and oxygen atoms in total. The van der Waals surface area contributed by atoms with E-state index in [0.717, 1.165) is 10.3 Å². The SMILES string of the molecule is Cc1ccc2nc(N3C(=O)C(=O)C(=C(O)c4ccc(F)cc4)C3c3ccncc3)sc2c1. The average Bonchev–Trinajstić information content (AvgIpc) is 3.32. The summed E-state index contributed by atoms with van der Waals surface area (Å²) in [5.74, 6) is -2.46. The molecule has 1 unspecified atom stereocenters. The van der Waals surface area contributed by atoms with Crippen molar-refractivity contribution in [2.45, 2.75) is 13.0 Å². The second kappa shape index (κ2) is 7.65. The van der Waals surface area contributed by atoms with Gasteiger partial charge in [0.15, 0.2) is 5.13 Å². The van der Waals surface area contributed by atoms with Crippen molar-refractivity contribution >= 4 is 44.1 Å². The summed E-state index contributed by atoms with van der Waals surface area (Å²) in [6.45, 7) is 1.96. The molecule has 0 spiro atoms. The van der Waals surface area contributed by atoms with Gasteiger partial charge in [-0.2, -0.15) is 0 Å². The normalized spacial score (nSPS) is 17.9. The van der Waals surface area contributed by atoms with E-state index < -0.39 is 23.5 Å². The summed E-state index contributed by atoms with van der Waals surface area (Å²) in [6.07, 6.45) is 3.10. The van der Waals surface area contributed by atoms with E-state index in [-0.39, 0.29) is 16.9 Å². The number of aromatic nitrogens is 2. The molecule has 2 aromatic heterocycles. The molecule has 0 saturated carbocycles. The summed E-state index contributed by atoms with van der Waals surface area (Å²) in [5, 5.41) is 11.4. The first-order chi connectivity index (χ1) is 15.4. The largest absolute Gasteiger partial charge is 0.507 e. The van der Waals surface area contributed by atoms with Crippen molar-refractivity contribution in [3.8, 4) is 0 Å². The van der Waals surface area contributed by atoms with Crippen molar-refractivity contribution in [1.82, 2.24) is 9.97 Å². The second-order valence-electron chi connectivity index (χ2n) is 7.42. The quantitative estimate of drug-likeness (QED) is 0.279. The lowest BCUT2D eigenvalue weighted by molar-refractivity contribution is -0.132. The second-order valence-corrected chi connectivity index (χ2v) is 8.43. The van der Waals surface area contributed by atoms with E-state index in [9.17, 15) is 19.1 Å². The maximum Gasteiger partial charge on any atom is 0.301 e. The van der Waals surface area contributed by atoms with Crippen molar-refractivity contribution in [3.63, 3.8) is 0 Å². The van der Waals surface area contributed by atoms with Crippen LogP contribution in [-0.2, 0) is 9.59 Å². The van der Waals surface area contributed by atoms with E-state index >= 15 is 0 Å². The van der Waals surface area contributed by atoms with Gasteiger partial charge in [0.1, 0.15) is 11.6 Å². The highest BCUT2D eigenvalue weighted by atomic mass is 32.1. The predicted octanol–water partition coefficient (Wildman–Crippen LogP) is 4.77. The number of aliphatic hydroxyl groups is 1. The summed E-state index contributed by atoms with van der Waals surface area (Å²) in [7, 11) is 0. The van der Waals surface area contributed by atoms with Crippen LogP contribution in [0.2, 0.25) is 0 Å². The van der Waals surface area contributed by atoms with E-state index in [1.54, 1.807) is 24.5 Å². The smallest absolute Gasteiger partial charge is 0.301 e. The first-order valence-corrected chi connectivity index (χ1v) is 10.6. The number of anilines is 1. The molecule has 3 heterocycles. The van der Waals surface area contributed by atoms with Crippen LogP contribution in [0.25, 0.3) is 16.0 Å². The molecule has 0 bridgehead atoms. The number of amides is 1. The Morgan fingerprint density at radius 2 is 1.78 bits per heavy atom. The summed E-state index contributed by atoms with van der Waals surface area (Å²) < 4.78 is 14.3. The lowest BCUT2D eigenvalue weighted by Crippen LogP contribution is -2.29. The topological polar surface area (TPSA) is 83.4 Å². The number of thiazole rings is 1. The molecular weight excluding hydrogens is 429 g/mol. The Bertz CT molecular complexity index is 1400. The van der Waals surface area contributed by atoms with Gasteiger partial charge in [-0.25, -0.2) is 9.37 Å². The highest BCUT2D eigenvalue weighted by molar-refractivity contribution is 7.22.